The number of aldehydes is 1. The number of aliphatic hydroxyl groups excluding tert-OH is 1. The topological polar surface area (TPSA) is 37.3 Å². The summed E-state index contributed by atoms with van der Waals surface area (Å²) in [6, 6.07) is 0. The monoisotopic (exact) mass is 166 g/mol. The third-order valence-electron chi connectivity index (χ3n) is 1.27. The summed E-state index contributed by atoms with van der Waals surface area (Å²) in [5, 5.41) is 9.07. The van der Waals surface area contributed by atoms with Gasteiger partial charge in [0.2, 0.25) is 0 Å². The Morgan fingerprint density at radius 1 is 1.17 bits per heavy atom. The van der Waals surface area contributed by atoms with Crippen LogP contribution in [0.15, 0.2) is 36.5 Å². The van der Waals surface area contributed by atoms with Gasteiger partial charge in [0.1, 0.15) is 6.29 Å². The van der Waals surface area contributed by atoms with E-state index in [0.717, 1.165) is 6.29 Å². The summed E-state index contributed by atoms with van der Waals surface area (Å²) >= 11 is 0. The zero-order chi connectivity index (χ0) is 9.23. The van der Waals surface area contributed by atoms with Crippen LogP contribution in [0.25, 0.3) is 0 Å². The van der Waals surface area contributed by atoms with E-state index in [1.54, 1.807) is 30.4 Å². The third kappa shape index (κ3) is 6.96. The SMILES string of the molecule is CCC(O)C=CC=CC=CC=O. The van der Waals surface area contributed by atoms with Crippen LogP contribution in [0.5, 0.6) is 0 Å². The van der Waals surface area contributed by atoms with E-state index in [-0.39, 0.29) is 6.10 Å². The van der Waals surface area contributed by atoms with Crippen LogP contribution in [0.1, 0.15) is 13.3 Å². The van der Waals surface area contributed by atoms with Crippen molar-refractivity contribution in [2.24, 2.45) is 0 Å². The third-order valence-corrected chi connectivity index (χ3v) is 1.27. The van der Waals surface area contributed by atoms with Gasteiger partial charge in [-0.15, -0.1) is 0 Å². The van der Waals surface area contributed by atoms with Gasteiger partial charge in [0.25, 0.3) is 0 Å². The Hall–Kier alpha value is -1.15. The van der Waals surface area contributed by atoms with Gasteiger partial charge in [-0.3, -0.25) is 4.79 Å². The predicted octanol–water partition coefficient (Wildman–Crippen LogP) is 1.62. The van der Waals surface area contributed by atoms with Gasteiger partial charge < -0.3 is 5.11 Å². The van der Waals surface area contributed by atoms with Crippen molar-refractivity contribution >= 4 is 6.29 Å². The molecule has 0 aliphatic heterocycles. The van der Waals surface area contributed by atoms with E-state index in [4.69, 9.17) is 5.11 Å². The summed E-state index contributed by atoms with van der Waals surface area (Å²) in [5.41, 5.74) is 0. The molecule has 66 valence electrons. The molecule has 0 aliphatic carbocycles. The first kappa shape index (κ1) is 10.8. The lowest BCUT2D eigenvalue weighted by Gasteiger charge is -1.95. The highest BCUT2D eigenvalue weighted by atomic mass is 16.3. The number of allylic oxidation sites excluding steroid dienone is 5. The van der Waals surface area contributed by atoms with Gasteiger partial charge in [-0.05, 0) is 12.5 Å². The first-order valence-electron chi connectivity index (χ1n) is 3.94. The van der Waals surface area contributed by atoms with Gasteiger partial charge in [-0.1, -0.05) is 37.3 Å². The molecule has 2 heteroatoms. The van der Waals surface area contributed by atoms with Crippen molar-refractivity contribution in [1.29, 1.82) is 0 Å². The van der Waals surface area contributed by atoms with E-state index >= 15 is 0 Å². The van der Waals surface area contributed by atoms with Crippen LogP contribution in [0, 0.1) is 0 Å². The van der Waals surface area contributed by atoms with Crippen LogP contribution in [-0.4, -0.2) is 17.5 Å². The molecule has 0 bridgehead atoms. The zero-order valence-corrected chi connectivity index (χ0v) is 7.18. The summed E-state index contributed by atoms with van der Waals surface area (Å²) in [7, 11) is 0. The molecule has 0 saturated carbocycles. The lowest BCUT2D eigenvalue weighted by molar-refractivity contribution is -0.104. The van der Waals surface area contributed by atoms with Gasteiger partial charge in [-0.25, -0.2) is 0 Å². The lowest BCUT2D eigenvalue weighted by Crippen LogP contribution is -1.97. The average Bonchev–Trinajstić information content (AvgIpc) is 2.10. The Morgan fingerprint density at radius 2 is 1.75 bits per heavy atom. The van der Waals surface area contributed by atoms with Crippen molar-refractivity contribution in [3.63, 3.8) is 0 Å². The van der Waals surface area contributed by atoms with E-state index in [1.165, 1.54) is 6.08 Å². The van der Waals surface area contributed by atoms with E-state index in [2.05, 4.69) is 0 Å². The predicted molar refractivity (Wildman–Crippen MR) is 49.8 cm³/mol. The van der Waals surface area contributed by atoms with Gasteiger partial charge in [0.15, 0.2) is 0 Å². The molecule has 0 saturated heterocycles. The zero-order valence-electron chi connectivity index (χ0n) is 7.18. The van der Waals surface area contributed by atoms with Crippen molar-refractivity contribution in [3.05, 3.63) is 36.5 Å². The highest BCUT2D eigenvalue weighted by Gasteiger charge is 1.88. The van der Waals surface area contributed by atoms with E-state index in [0.29, 0.717) is 6.42 Å². The minimum atomic E-state index is -0.371. The largest absolute Gasteiger partial charge is 0.389 e. The van der Waals surface area contributed by atoms with Crippen molar-refractivity contribution in [2.75, 3.05) is 0 Å². The summed E-state index contributed by atoms with van der Waals surface area (Å²) in [6.07, 6.45) is 11.0. The van der Waals surface area contributed by atoms with Crippen LogP contribution < -0.4 is 0 Å². The fourth-order valence-electron chi connectivity index (χ4n) is 0.566. The normalized spacial score (nSPS) is 14.8. The second-order valence-electron chi connectivity index (χ2n) is 2.27. The first-order valence-corrected chi connectivity index (χ1v) is 3.94. The molecule has 2 nitrogen and oxygen atoms in total. The number of aliphatic hydroxyl groups is 1. The van der Waals surface area contributed by atoms with E-state index in [1.807, 2.05) is 6.92 Å². The summed E-state index contributed by atoms with van der Waals surface area (Å²) in [4.78, 5) is 9.81. The Bertz CT molecular complexity index is 190. The molecule has 0 rings (SSSR count). The highest BCUT2D eigenvalue weighted by Crippen LogP contribution is 1.91. The molecule has 0 heterocycles. The molecule has 0 amide bonds. The summed E-state index contributed by atoms with van der Waals surface area (Å²) in [5.74, 6) is 0. The quantitative estimate of drug-likeness (QED) is 0.383. The van der Waals surface area contributed by atoms with Crippen LogP contribution in [0.4, 0.5) is 0 Å². The minimum Gasteiger partial charge on any atom is -0.389 e. The Balaban J connectivity index is 3.65. The fraction of sp³-hybridized carbons (Fsp3) is 0.300. The summed E-state index contributed by atoms with van der Waals surface area (Å²) < 4.78 is 0. The molecule has 12 heavy (non-hydrogen) atoms. The van der Waals surface area contributed by atoms with Gasteiger partial charge in [0, 0.05) is 0 Å². The van der Waals surface area contributed by atoms with Gasteiger partial charge in [0.05, 0.1) is 6.10 Å². The second-order valence-corrected chi connectivity index (χ2v) is 2.27. The van der Waals surface area contributed by atoms with Crippen LogP contribution in [0.2, 0.25) is 0 Å². The molecule has 0 aromatic heterocycles. The Kier molecular flexibility index (Phi) is 7.19. The van der Waals surface area contributed by atoms with Crippen molar-refractivity contribution in [3.8, 4) is 0 Å². The van der Waals surface area contributed by atoms with Crippen molar-refractivity contribution in [2.45, 2.75) is 19.4 Å². The molecular formula is C10H14O2. The Labute approximate surface area is 72.9 Å². The average molecular weight is 166 g/mol. The number of carbonyl (C=O) groups excluding carboxylic acids is 1. The molecule has 0 fully saturated rings. The molecule has 0 spiro atoms. The molecule has 0 radical (unpaired) electrons. The lowest BCUT2D eigenvalue weighted by atomic mass is 10.2. The molecule has 0 aromatic carbocycles. The van der Waals surface area contributed by atoms with E-state index < -0.39 is 0 Å². The fourth-order valence-corrected chi connectivity index (χ4v) is 0.566. The molecule has 1 atom stereocenters. The molecule has 1 N–H and O–H groups in total. The number of carbonyl (C=O) groups is 1. The van der Waals surface area contributed by atoms with Crippen LogP contribution >= 0.6 is 0 Å². The minimum absolute atomic E-state index is 0.371. The highest BCUT2D eigenvalue weighted by molar-refractivity contribution is 5.65. The standard InChI is InChI=1S/C10H14O2/c1-2-10(12)8-6-4-3-5-7-9-11/h3-10,12H,2H2,1H3. The van der Waals surface area contributed by atoms with Crippen LogP contribution in [-0.2, 0) is 4.79 Å². The molecule has 0 aromatic rings. The Morgan fingerprint density at radius 3 is 2.33 bits per heavy atom. The number of rotatable bonds is 5. The first-order chi connectivity index (χ1) is 5.81. The maximum atomic E-state index is 9.81. The van der Waals surface area contributed by atoms with Crippen molar-refractivity contribution < 1.29 is 9.90 Å². The smallest absolute Gasteiger partial charge is 0.142 e. The maximum Gasteiger partial charge on any atom is 0.142 e. The van der Waals surface area contributed by atoms with Gasteiger partial charge >= 0.3 is 0 Å². The second kappa shape index (κ2) is 7.95. The molecule has 0 aliphatic rings. The number of hydrogen-bond donors (Lipinski definition) is 1. The van der Waals surface area contributed by atoms with E-state index in [9.17, 15) is 4.79 Å². The van der Waals surface area contributed by atoms with Gasteiger partial charge in [-0.2, -0.15) is 0 Å². The summed E-state index contributed by atoms with van der Waals surface area (Å²) in [6.45, 7) is 1.91. The van der Waals surface area contributed by atoms with Crippen molar-refractivity contribution in [1.82, 2.24) is 0 Å². The maximum absolute atomic E-state index is 9.81. The molecule has 1 unspecified atom stereocenters. The molecular weight excluding hydrogens is 152 g/mol. The van der Waals surface area contributed by atoms with Crippen LogP contribution in [0.3, 0.4) is 0 Å². The number of hydrogen-bond acceptors (Lipinski definition) is 2.